The van der Waals surface area contributed by atoms with Gasteiger partial charge in [0.25, 0.3) is 0 Å². The minimum absolute atomic E-state index is 0.0794. The SMILES string of the molecule is CCCCC/C=C\C=C/CCCCCCCCC(=O)OCC(COC(=O)CCCCCCCCCCCCCC)OC(=O)CCCCC/C=C\CCCCCCCC. The van der Waals surface area contributed by atoms with Crippen molar-refractivity contribution in [1.82, 2.24) is 0 Å². The fourth-order valence-electron chi connectivity index (χ4n) is 7.07. The molecule has 0 radical (unpaired) electrons. The second kappa shape index (κ2) is 47.3. The van der Waals surface area contributed by atoms with Gasteiger partial charge in [-0.05, 0) is 70.6 Å². The largest absolute Gasteiger partial charge is 0.462 e. The fraction of sp³-hybridized carbons (Fsp3) is 0.827. The molecular formula is C52H94O6. The second-order valence-electron chi connectivity index (χ2n) is 16.8. The van der Waals surface area contributed by atoms with E-state index in [4.69, 9.17) is 14.2 Å². The zero-order valence-corrected chi connectivity index (χ0v) is 38.6. The van der Waals surface area contributed by atoms with Crippen molar-refractivity contribution in [2.45, 2.75) is 264 Å². The van der Waals surface area contributed by atoms with Crippen molar-refractivity contribution in [2.24, 2.45) is 0 Å². The van der Waals surface area contributed by atoms with Gasteiger partial charge in [0, 0.05) is 19.3 Å². The average molecular weight is 815 g/mol. The van der Waals surface area contributed by atoms with Gasteiger partial charge in [-0.15, -0.1) is 0 Å². The molecular weight excluding hydrogens is 721 g/mol. The minimum atomic E-state index is -0.780. The molecule has 0 aliphatic rings. The highest BCUT2D eigenvalue weighted by molar-refractivity contribution is 5.71. The van der Waals surface area contributed by atoms with Gasteiger partial charge in [0.1, 0.15) is 13.2 Å². The van der Waals surface area contributed by atoms with Gasteiger partial charge in [-0.2, -0.15) is 0 Å². The summed E-state index contributed by atoms with van der Waals surface area (Å²) in [6, 6.07) is 0. The summed E-state index contributed by atoms with van der Waals surface area (Å²) in [4.78, 5) is 37.9. The molecule has 0 aromatic rings. The first kappa shape index (κ1) is 55.6. The number of hydrogen-bond acceptors (Lipinski definition) is 6. The Bertz CT molecular complexity index is 984. The molecule has 0 aromatic carbocycles. The molecule has 338 valence electrons. The molecule has 0 aliphatic heterocycles. The van der Waals surface area contributed by atoms with Crippen molar-refractivity contribution in [3.05, 3.63) is 36.5 Å². The second-order valence-corrected chi connectivity index (χ2v) is 16.8. The molecule has 0 saturated heterocycles. The van der Waals surface area contributed by atoms with Crippen molar-refractivity contribution >= 4 is 17.9 Å². The van der Waals surface area contributed by atoms with Gasteiger partial charge in [-0.1, -0.05) is 205 Å². The van der Waals surface area contributed by atoms with Crippen molar-refractivity contribution in [3.63, 3.8) is 0 Å². The molecule has 0 rings (SSSR count). The van der Waals surface area contributed by atoms with Crippen molar-refractivity contribution < 1.29 is 28.6 Å². The first-order valence-electron chi connectivity index (χ1n) is 25.0. The molecule has 0 fully saturated rings. The van der Waals surface area contributed by atoms with Gasteiger partial charge < -0.3 is 14.2 Å². The van der Waals surface area contributed by atoms with Gasteiger partial charge in [0.15, 0.2) is 6.10 Å². The Morgan fingerprint density at radius 3 is 1.02 bits per heavy atom. The summed E-state index contributed by atoms with van der Waals surface area (Å²) in [6.07, 6.45) is 54.0. The predicted octanol–water partition coefficient (Wildman–Crippen LogP) is 16.1. The van der Waals surface area contributed by atoms with E-state index >= 15 is 0 Å². The first-order valence-corrected chi connectivity index (χ1v) is 25.0. The number of esters is 3. The number of unbranched alkanes of at least 4 members (excludes halogenated alkanes) is 29. The molecule has 0 aromatic heterocycles. The number of allylic oxidation sites excluding steroid dienone is 6. The smallest absolute Gasteiger partial charge is 0.306 e. The first-order chi connectivity index (χ1) is 28.5. The number of hydrogen-bond donors (Lipinski definition) is 0. The van der Waals surface area contributed by atoms with E-state index in [2.05, 4.69) is 57.2 Å². The van der Waals surface area contributed by atoms with Crippen LogP contribution in [0.25, 0.3) is 0 Å². The topological polar surface area (TPSA) is 78.9 Å². The molecule has 0 aliphatic carbocycles. The number of carbonyl (C=O) groups excluding carboxylic acids is 3. The third-order valence-corrected chi connectivity index (χ3v) is 10.9. The number of rotatable bonds is 45. The third-order valence-electron chi connectivity index (χ3n) is 10.9. The summed E-state index contributed by atoms with van der Waals surface area (Å²) in [5, 5.41) is 0. The molecule has 0 heterocycles. The molecule has 0 amide bonds. The molecule has 0 saturated carbocycles. The molecule has 6 heteroatoms. The molecule has 0 spiro atoms. The van der Waals surface area contributed by atoms with Crippen LogP contribution in [0.4, 0.5) is 0 Å². The fourth-order valence-corrected chi connectivity index (χ4v) is 7.07. The summed E-state index contributed by atoms with van der Waals surface area (Å²) in [5.41, 5.74) is 0. The molecule has 58 heavy (non-hydrogen) atoms. The van der Waals surface area contributed by atoms with Crippen LogP contribution >= 0.6 is 0 Å². The van der Waals surface area contributed by atoms with Gasteiger partial charge in [-0.25, -0.2) is 0 Å². The summed E-state index contributed by atoms with van der Waals surface area (Å²) in [6.45, 7) is 6.58. The van der Waals surface area contributed by atoms with Crippen LogP contribution in [-0.2, 0) is 28.6 Å². The highest BCUT2D eigenvalue weighted by Gasteiger charge is 2.19. The van der Waals surface area contributed by atoms with Crippen LogP contribution in [0.5, 0.6) is 0 Å². The Morgan fingerprint density at radius 1 is 0.345 bits per heavy atom. The maximum Gasteiger partial charge on any atom is 0.306 e. The van der Waals surface area contributed by atoms with Gasteiger partial charge in [0.2, 0.25) is 0 Å². The maximum atomic E-state index is 12.7. The van der Waals surface area contributed by atoms with Crippen LogP contribution in [0.1, 0.15) is 258 Å². The highest BCUT2D eigenvalue weighted by atomic mass is 16.6. The lowest BCUT2D eigenvalue weighted by molar-refractivity contribution is -0.167. The van der Waals surface area contributed by atoms with Crippen LogP contribution in [0.3, 0.4) is 0 Å². The van der Waals surface area contributed by atoms with E-state index < -0.39 is 6.10 Å². The quantitative estimate of drug-likeness (QED) is 0.0200. The van der Waals surface area contributed by atoms with Gasteiger partial charge in [-0.3, -0.25) is 14.4 Å². The van der Waals surface area contributed by atoms with E-state index in [1.54, 1.807) is 0 Å². The Kier molecular flexibility index (Phi) is 45.4. The summed E-state index contributed by atoms with van der Waals surface area (Å²) in [5.74, 6) is -0.901. The van der Waals surface area contributed by atoms with Crippen LogP contribution in [0, 0.1) is 0 Å². The maximum absolute atomic E-state index is 12.7. The summed E-state index contributed by atoms with van der Waals surface area (Å²) in [7, 11) is 0. The Hall–Kier alpha value is -2.37. The van der Waals surface area contributed by atoms with Crippen LogP contribution in [-0.4, -0.2) is 37.2 Å². The normalized spacial score (nSPS) is 12.3. The molecule has 0 bridgehead atoms. The lowest BCUT2D eigenvalue weighted by Gasteiger charge is -2.18. The minimum Gasteiger partial charge on any atom is -0.462 e. The number of ether oxygens (including phenoxy) is 3. The van der Waals surface area contributed by atoms with E-state index in [9.17, 15) is 14.4 Å². The Morgan fingerprint density at radius 2 is 0.621 bits per heavy atom. The lowest BCUT2D eigenvalue weighted by Crippen LogP contribution is -2.30. The standard InChI is InChI=1S/C52H94O6/c1-4-7-10-13-16-19-22-25-26-28-30-33-36-39-42-45-51(54)57-48-49(47-56-50(53)44-41-38-35-32-29-24-21-18-15-12-9-6-3)58-52(55)46-43-40-37-34-31-27-23-20-17-14-11-8-5-2/h16,19,22,25,27,31,49H,4-15,17-18,20-21,23-24,26,28-30,32-48H2,1-3H3/b19-16-,25-22-,31-27-. The van der Waals surface area contributed by atoms with Crippen molar-refractivity contribution in [1.29, 1.82) is 0 Å². The zero-order valence-electron chi connectivity index (χ0n) is 38.6. The molecule has 1 unspecified atom stereocenters. The zero-order chi connectivity index (χ0) is 42.3. The monoisotopic (exact) mass is 815 g/mol. The number of carbonyl (C=O) groups is 3. The Labute approximate surface area is 359 Å². The van der Waals surface area contributed by atoms with E-state index in [0.29, 0.717) is 19.3 Å². The van der Waals surface area contributed by atoms with Gasteiger partial charge >= 0.3 is 17.9 Å². The molecule has 1 atom stereocenters. The Balaban J connectivity index is 4.39. The van der Waals surface area contributed by atoms with Gasteiger partial charge in [0.05, 0.1) is 0 Å². The van der Waals surface area contributed by atoms with E-state index in [0.717, 1.165) is 77.0 Å². The summed E-state index contributed by atoms with van der Waals surface area (Å²) < 4.78 is 16.7. The van der Waals surface area contributed by atoms with Crippen molar-refractivity contribution in [3.8, 4) is 0 Å². The van der Waals surface area contributed by atoms with Crippen LogP contribution in [0.15, 0.2) is 36.5 Å². The highest BCUT2D eigenvalue weighted by Crippen LogP contribution is 2.15. The average Bonchev–Trinajstić information content (AvgIpc) is 3.22. The predicted molar refractivity (Wildman–Crippen MR) is 247 cm³/mol. The van der Waals surface area contributed by atoms with Crippen LogP contribution < -0.4 is 0 Å². The van der Waals surface area contributed by atoms with Crippen molar-refractivity contribution in [2.75, 3.05) is 13.2 Å². The van der Waals surface area contributed by atoms with E-state index in [-0.39, 0.29) is 31.1 Å². The van der Waals surface area contributed by atoms with E-state index in [1.165, 1.54) is 141 Å². The van der Waals surface area contributed by atoms with E-state index in [1.807, 2.05) is 0 Å². The molecule has 6 nitrogen and oxygen atoms in total. The summed E-state index contributed by atoms with van der Waals surface area (Å²) >= 11 is 0. The van der Waals surface area contributed by atoms with Crippen LogP contribution in [0.2, 0.25) is 0 Å². The molecule has 0 N–H and O–H groups in total. The lowest BCUT2D eigenvalue weighted by atomic mass is 10.0. The third kappa shape index (κ3) is 44.7.